The lowest BCUT2D eigenvalue weighted by Gasteiger charge is -2.42. The van der Waals surface area contributed by atoms with Crippen LogP contribution in [0, 0.1) is 5.82 Å². The zero-order chi connectivity index (χ0) is 26.9. The molecule has 1 amide bonds. The van der Waals surface area contributed by atoms with Gasteiger partial charge in [0.2, 0.25) is 5.91 Å². The average molecular weight is 538 g/mol. The quantitative estimate of drug-likeness (QED) is 0.360. The Morgan fingerprint density at radius 3 is 2.61 bits per heavy atom. The summed E-state index contributed by atoms with van der Waals surface area (Å²) in [4.78, 5) is 32.4. The van der Waals surface area contributed by atoms with Crippen LogP contribution >= 0.6 is 11.3 Å². The molecule has 0 N–H and O–H groups in total. The third-order valence-electron chi connectivity index (χ3n) is 8.05. The predicted molar refractivity (Wildman–Crippen MR) is 152 cm³/mol. The summed E-state index contributed by atoms with van der Waals surface area (Å²) in [6, 6.07) is 11.7. The second-order valence-corrected chi connectivity index (χ2v) is 11.5. The standard InChI is InChI=1S/C30H36FN3O3S/c1-4-11-30(2,29(36)37-3)34-25-18-21(5-6-22(25)7-8-28(34)35)9-12-32-13-15-33(16-14-32)26-19-23(31)20-27-24(26)10-17-38-27/h5-6,10,17-20H,4,7-9,11-16H2,1-3H3. The molecule has 2 aliphatic rings. The first-order chi connectivity index (χ1) is 18.3. The van der Waals surface area contributed by atoms with Crippen LogP contribution in [-0.4, -0.2) is 62.1 Å². The van der Waals surface area contributed by atoms with E-state index in [0.717, 1.165) is 78.2 Å². The Morgan fingerprint density at radius 1 is 1.08 bits per heavy atom. The van der Waals surface area contributed by atoms with Crippen LogP contribution in [0.4, 0.5) is 15.8 Å². The van der Waals surface area contributed by atoms with Gasteiger partial charge in [0.1, 0.15) is 11.4 Å². The van der Waals surface area contributed by atoms with Crippen LogP contribution in [-0.2, 0) is 27.2 Å². The van der Waals surface area contributed by atoms with Crippen LogP contribution < -0.4 is 9.80 Å². The number of benzene rings is 2. The Kier molecular flexibility index (Phi) is 7.73. The molecule has 1 saturated heterocycles. The van der Waals surface area contributed by atoms with Crippen molar-refractivity contribution in [2.24, 2.45) is 0 Å². The smallest absolute Gasteiger partial charge is 0.331 e. The molecular weight excluding hydrogens is 501 g/mol. The SMILES string of the molecule is CCCC(C)(C(=O)OC)N1C(=O)CCc2ccc(CCN3CCN(c4cc(F)cc5sccc45)CC3)cc21. The zero-order valence-corrected chi connectivity index (χ0v) is 23.3. The van der Waals surface area contributed by atoms with Gasteiger partial charge >= 0.3 is 5.97 Å². The maximum atomic E-state index is 14.2. The predicted octanol–water partition coefficient (Wildman–Crippen LogP) is 5.42. The van der Waals surface area contributed by atoms with E-state index in [1.54, 1.807) is 28.4 Å². The lowest BCUT2D eigenvalue weighted by molar-refractivity contribution is -0.148. The van der Waals surface area contributed by atoms with Crippen molar-refractivity contribution in [2.45, 2.75) is 51.5 Å². The molecule has 5 rings (SSSR count). The summed E-state index contributed by atoms with van der Waals surface area (Å²) >= 11 is 1.58. The summed E-state index contributed by atoms with van der Waals surface area (Å²) in [5.74, 6) is -0.578. The molecule has 0 radical (unpaired) electrons. The van der Waals surface area contributed by atoms with E-state index in [9.17, 15) is 14.0 Å². The van der Waals surface area contributed by atoms with Crippen molar-refractivity contribution >= 4 is 44.7 Å². The number of amides is 1. The molecule has 8 heteroatoms. The van der Waals surface area contributed by atoms with Crippen molar-refractivity contribution in [1.82, 2.24) is 4.90 Å². The first-order valence-electron chi connectivity index (χ1n) is 13.5. The highest BCUT2D eigenvalue weighted by molar-refractivity contribution is 7.17. The van der Waals surface area contributed by atoms with Gasteiger partial charge < -0.3 is 9.64 Å². The fourth-order valence-electron chi connectivity index (χ4n) is 6.01. The van der Waals surface area contributed by atoms with Crippen molar-refractivity contribution in [2.75, 3.05) is 49.6 Å². The Balaban J connectivity index is 1.27. The number of aryl methyl sites for hydroxylation is 1. The van der Waals surface area contributed by atoms with E-state index in [4.69, 9.17) is 4.74 Å². The Morgan fingerprint density at radius 2 is 1.87 bits per heavy atom. The van der Waals surface area contributed by atoms with Gasteiger partial charge in [-0.2, -0.15) is 0 Å². The van der Waals surface area contributed by atoms with Gasteiger partial charge in [0.15, 0.2) is 0 Å². The third-order valence-corrected chi connectivity index (χ3v) is 8.91. The summed E-state index contributed by atoms with van der Waals surface area (Å²) in [7, 11) is 1.39. The van der Waals surface area contributed by atoms with Gasteiger partial charge in [-0.05, 0) is 67.0 Å². The number of thiophene rings is 1. The molecule has 6 nitrogen and oxygen atoms in total. The molecule has 1 atom stereocenters. The van der Waals surface area contributed by atoms with Crippen molar-refractivity contribution in [3.05, 3.63) is 58.7 Å². The topological polar surface area (TPSA) is 53.1 Å². The van der Waals surface area contributed by atoms with Gasteiger partial charge in [0, 0.05) is 60.6 Å². The number of methoxy groups -OCH3 is 1. The van der Waals surface area contributed by atoms with E-state index in [-0.39, 0.29) is 17.7 Å². The van der Waals surface area contributed by atoms with Gasteiger partial charge in [0.25, 0.3) is 0 Å². The van der Waals surface area contributed by atoms with Crippen molar-refractivity contribution in [1.29, 1.82) is 0 Å². The fourth-order valence-corrected chi connectivity index (χ4v) is 6.84. The molecule has 0 saturated carbocycles. The van der Waals surface area contributed by atoms with Gasteiger partial charge in [-0.1, -0.05) is 25.5 Å². The van der Waals surface area contributed by atoms with Crippen LogP contribution in [0.3, 0.4) is 0 Å². The van der Waals surface area contributed by atoms with Gasteiger partial charge in [-0.25, -0.2) is 9.18 Å². The number of anilines is 2. The van der Waals surface area contributed by atoms with Crippen molar-refractivity contribution in [3.63, 3.8) is 0 Å². The number of hydrogen-bond donors (Lipinski definition) is 0. The summed E-state index contributed by atoms with van der Waals surface area (Å²) in [5, 5.41) is 3.15. The second-order valence-electron chi connectivity index (χ2n) is 10.5. The summed E-state index contributed by atoms with van der Waals surface area (Å²) in [6.07, 6.45) is 3.25. The molecule has 3 heterocycles. The lowest BCUT2D eigenvalue weighted by Crippen LogP contribution is -2.57. The average Bonchev–Trinajstić information content (AvgIpc) is 3.39. The number of piperazine rings is 1. The van der Waals surface area contributed by atoms with E-state index in [1.807, 2.05) is 19.2 Å². The highest BCUT2D eigenvalue weighted by Crippen LogP contribution is 2.37. The minimum absolute atomic E-state index is 0.0239. The number of carbonyl (C=O) groups excluding carboxylic acids is 2. The number of fused-ring (bicyclic) bond motifs is 2. The Bertz CT molecular complexity index is 1330. The number of carbonyl (C=O) groups is 2. The normalized spacial score (nSPS) is 17.9. The zero-order valence-electron chi connectivity index (χ0n) is 22.5. The number of nitrogens with zero attached hydrogens (tertiary/aromatic N) is 3. The largest absolute Gasteiger partial charge is 0.467 e. The third kappa shape index (κ3) is 5.04. The molecule has 38 heavy (non-hydrogen) atoms. The highest BCUT2D eigenvalue weighted by Gasteiger charge is 2.45. The molecule has 0 bridgehead atoms. The molecule has 1 aromatic heterocycles. The molecule has 3 aromatic rings. The van der Waals surface area contributed by atoms with E-state index >= 15 is 0 Å². The minimum Gasteiger partial charge on any atom is -0.467 e. The van der Waals surface area contributed by atoms with Gasteiger partial charge in [0.05, 0.1) is 7.11 Å². The number of esters is 1. The van der Waals surface area contributed by atoms with Gasteiger partial charge in [-0.15, -0.1) is 11.3 Å². The molecule has 202 valence electrons. The number of ether oxygens (including phenoxy) is 1. The summed E-state index contributed by atoms with van der Waals surface area (Å²) in [5.41, 5.74) is 3.06. The first kappa shape index (κ1) is 26.6. The van der Waals surface area contributed by atoms with E-state index < -0.39 is 5.54 Å². The van der Waals surface area contributed by atoms with Crippen LogP contribution in [0.15, 0.2) is 41.8 Å². The van der Waals surface area contributed by atoms with Crippen LogP contribution in [0.1, 0.15) is 44.2 Å². The number of halogens is 1. The fraction of sp³-hybridized carbons (Fsp3) is 0.467. The van der Waals surface area contributed by atoms with E-state index in [2.05, 4.69) is 34.1 Å². The van der Waals surface area contributed by atoms with Crippen molar-refractivity contribution < 1.29 is 18.7 Å². The molecule has 1 unspecified atom stereocenters. The maximum Gasteiger partial charge on any atom is 0.331 e. The monoisotopic (exact) mass is 537 g/mol. The van der Waals surface area contributed by atoms with E-state index in [0.29, 0.717) is 19.3 Å². The molecule has 1 fully saturated rings. The number of hydrogen-bond acceptors (Lipinski definition) is 6. The molecule has 0 aliphatic carbocycles. The van der Waals surface area contributed by atoms with Crippen LogP contribution in [0.25, 0.3) is 10.1 Å². The van der Waals surface area contributed by atoms with Crippen LogP contribution in [0.2, 0.25) is 0 Å². The molecule has 2 aromatic carbocycles. The first-order valence-corrected chi connectivity index (χ1v) is 14.4. The number of rotatable bonds is 8. The minimum atomic E-state index is -1.02. The molecular formula is C30H36FN3O3S. The summed E-state index contributed by atoms with van der Waals surface area (Å²) in [6.45, 7) is 8.28. The van der Waals surface area contributed by atoms with Crippen molar-refractivity contribution in [3.8, 4) is 0 Å². The molecule has 2 aliphatic heterocycles. The Labute approximate surface area is 228 Å². The van der Waals surface area contributed by atoms with Gasteiger partial charge in [-0.3, -0.25) is 14.6 Å². The highest BCUT2D eigenvalue weighted by atomic mass is 32.1. The van der Waals surface area contributed by atoms with Crippen LogP contribution in [0.5, 0.6) is 0 Å². The van der Waals surface area contributed by atoms with E-state index in [1.165, 1.54) is 7.11 Å². The maximum absolute atomic E-state index is 14.2. The Hall–Kier alpha value is -2.97. The second kappa shape index (κ2) is 11.0. The lowest BCUT2D eigenvalue weighted by atomic mass is 9.88. The summed E-state index contributed by atoms with van der Waals surface area (Å²) < 4.78 is 20.3. The molecule has 0 spiro atoms.